The molecule has 2 rings (SSSR count). The first-order valence-corrected chi connectivity index (χ1v) is 6.17. The fourth-order valence-corrected chi connectivity index (χ4v) is 1.86. The minimum Gasteiger partial charge on any atom is -0.313 e. The van der Waals surface area contributed by atoms with Crippen LogP contribution < -0.4 is 5.32 Å². The van der Waals surface area contributed by atoms with E-state index >= 15 is 0 Å². The van der Waals surface area contributed by atoms with E-state index in [1.165, 1.54) is 0 Å². The van der Waals surface area contributed by atoms with Crippen molar-refractivity contribution in [3.05, 3.63) is 42.2 Å². The molecule has 1 atom stereocenters. The quantitative estimate of drug-likeness (QED) is 0.872. The van der Waals surface area contributed by atoms with Crippen LogP contribution in [-0.2, 0) is 6.42 Å². The summed E-state index contributed by atoms with van der Waals surface area (Å²) in [5.74, 6) is 0. The van der Waals surface area contributed by atoms with Crippen molar-refractivity contribution in [2.24, 2.45) is 0 Å². The van der Waals surface area contributed by atoms with Crippen LogP contribution in [0.25, 0.3) is 0 Å². The third-order valence-corrected chi connectivity index (χ3v) is 2.94. The van der Waals surface area contributed by atoms with Gasteiger partial charge in [0.2, 0.25) is 0 Å². The molecule has 2 aromatic heterocycles. The number of hydrogen-bond acceptors (Lipinski definition) is 4. The normalized spacial score (nSPS) is 12.9. The average Bonchev–Trinajstić information content (AvgIpc) is 2.86. The second-order valence-corrected chi connectivity index (χ2v) is 4.60. The highest BCUT2D eigenvalue weighted by Crippen LogP contribution is 2.16. The summed E-state index contributed by atoms with van der Waals surface area (Å²) in [5, 5.41) is 7.83. The zero-order valence-electron chi connectivity index (χ0n) is 11.0. The van der Waals surface area contributed by atoms with E-state index in [1.54, 1.807) is 6.33 Å². The van der Waals surface area contributed by atoms with Crippen LogP contribution in [0.4, 0.5) is 0 Å². The van der Waals surface area contributed by atoms with E-state index in [0.717, 1.165) is 17.7 Å². The van der Waals surface area contributed by atoms with E-state index < -0.39 is 0 Å². The van der Waals surface area contributed by atoms with Gasteiger partial charge >= 0.3 is 0 Å². The van der Waals surface area contributed by atoms with Gasteiger partial charge in [0.1, 0.15) is 6.33 Å². The monoisotopic (exact) mass is 245 g/mol. The second-order valence-electron chi connectivity index (χ2n) is 4.60. The molecule has 5 nitrogen and oxygen atoms in total. The molecule has 5 heteroatoms. The Labute approximate surface area is 107 Å². The Morgan fingerprint density at radius 2 is 2.00 bits per heavy atom. The van der Waals surface area contributed by atoms with Crippen LogP contribution in [0.3, 0.4) is 0 Å². The Hall–Kier alpha value is -1.75. The first-order chi connectivity index (χ1) is 8.70. The van der Waals surface area contributed by atoms with Gasteiger partial charge in [-0.25, -0.2) is 9.97 Å². The highest BCUT2D eigenvalue weighted by Gasteiger charge is 2.12. The molecule has 0 aliphatic heterocycles. The van der Waals surface area contributed by atoms with Gasteiger partial charge in [-0.3, -0.25) is 4.68 Å². The number of hydrogen-bond donors (Lipinski definition) is 1. The SMILES string of the molecule is CNC(Cc1ccn(C(C)C)n1)c1cncnc1. The highest BCUT2D eigenvalue weighted by atomic mass is 15.3. The Balaban J connectivity index is 2.10. The molecular weight excluding hydrogens is 226 g/mol. The maximum absolute atomic E-state index is 4.56. The molecule has 0 spiro atoms. The molecule has 1 N–H and O–H groups in total. The van der Waals surface area contributed by atoms with E-state index in [0.29, 0.717) is 6.04 Å². The molecule has 1 unspecified atom stereocenters. The van der Waals surface area contributed by atoms with E-state index in [2.05, 4.69) is 40.3 Å². The van der Waals surface area contributed by atoms with Gasteiger partial charge in [-0.1, -0.05) is 0 Å². The summed E-state index contributed by atoms with van der Waals surface area (Å²) < 4.78 is 1.98. The fourth-order valence-electron chi connectivity index (χ4n) is 1.86. The average molecular weight is 245 g/mol. The lowest BCUT2D eigenvalue weighted by Crippen LogP contribution is -2.19. The number of rotatable bonds is 5. The van der Waals surface area contributed by atoms with Crippen LogP contribution in [0.1, 0.15) is 37.2 Å². The van der Waals surface area contributed by atoms with E-state index in [4.69, 9.17) is 0 Å². The molecule has 0 aliphatic carbocycles. The first kappa shape index (κ1) is 12.7. The molecule has 2 aromatic rings. The standard InChI is InChI=1S/C13H19N5/c1-10(2)18-5-4-12(17-18)6-13(14-3)11-7-15-9-16-8-11/h4-5,7-10,13-14H,6H2,1-3H3. The highest BCUT2D eigenvalue weighted by molar-refractivity contribution is 5.13. The Bertz CT molecular complexity index is 477. The van der Waals surface area contributed by atoms with Gasteiger partial charge < -0.3 is 5.32 Å². The molecule has 18 heavy (non-hydrogen) atoms. The molecule has 0 aromatic carbocycles. The first-order valence-electron chi connectivity index (χ1n) is 6.17. The van der Waals surface area contributed by atoms with Crippen LogP contribution in [0.2, 0.25) is 0 Å². The van der Waals surface area contributed by atoms with Crippen LogP contribution in [-0.4, -0.2) is 26.8 Å². The molecule has 0 fully saturated rings. The van der Waals surface area contributed by atoms with Crippen molar-refractivity contribution in [2.45, 2.75) is 32.4 Å². The van der Waals surface area contributed by atoms with Crippen LogP contribution in [0, 0.1) is 0 Å². The summed E-state index contributed by atoms with van der Waals surface area (Å²) in [6.07, 6.45) is 8.09. The van der Waals surface area contributed by atoms with Crippen molar-refractivity contribution < 1.29 is 0 Å². The van der Waals surface area contributed by atoms with Crippen molar-refractivity contribution in [3.63, 3.8) is 0 Å². The molecular formula is C13H19N5. The van der Waals surface area contributed by atoms with Crippen molar-refractivity contribution in [3.8, 4) is 0 Å². The Morgan fingerprint density at radius 3 is 2.56 bits per heavy atom. The zero-order valence-corrected chi connectivity index (χ0v) is 11.0. The van der Waals surface area contributed by atoms with Crippen LogP contribution in [0.15, 0.2) is 31.0 Å². The van der Waals surface area contributed by atoms with Crippen molar-refractivity contribution in [1.29, 1.82) is 0 Å². The molecule has 0 amide bonds. The van der Waals surface area contributed by atoms with Crippen LogP contribution in [0.5, 0.6) is 0 Å². The van der Waals surface area contributed by atoms with Crippen molar-refractivity contribution in [1.82, 2.24) is 25.1 Å². The number of likely N-dealkylation sites (N-methyl/N-ethyl adjacent to an activating group) is 1. The Kier molecular flexibility index (Phi) is 4.04. The number of aromatic nitrogens is 4. The minimum atomic E-state index is 0.196. The molecule has 2 heterocycles. The second kappa shape index (κ2) is 5.73. The van der Waals surface area contributed by atoms with Gasteiger partial charge in [-0.05, 0) is 27.0 Å². The Morgan fingerprint density at radius 1 is 1.28 bits per heavy atom. The van der Waals surface area contributed by atoms with Crippen LogP contribution >= 0.6 is 0 Å². The molecule has 0 aliphatic rings. The minimum absolute atomic E-state index is 0.196. The zero-order chi connectivity index (χ0) is 13.0. The maximum atomic E-state index is 4.56. The van der Waals surface area contributed by atoms with Gasteiger partial charge in [-0.15, -0.1) is 0 Å². The van der Waals surface area contributed by atoms with E-state index in [1.807, 2.05) is 30.3 Å². The third-order valence-electron chi connectivity index (χ3n) is 2.94. The largest absolute Gasteiger partial charge is 0.313 e. The van der Waals surface area contributed by atoms with Crippen molar-refractivity contribution >= 4 is 0 Å². The predicted molar refractivity (Wildman–Crippen MR) is 70.1 cm³/mol. The summed E-state index contributed by atoms with van der Waals surface area (Å²) in [6, 6.07) is 2.65. The summed E-state index contributed by atoms with van der Waals surface area (Å²) in [7, 11) is 1.94. The molecule has 0 saturated heterocycles. The molecule has 96 valence electrons. The summed E-state index contributed by atoms with van der Waals surface area (Å²) in [5.41, 5.74) is 2.16. The summed E-state index contributed by atoms with van der Waals surface area (Å²) in [6.45, 7) is 4.24. The lowest BCUT2D eigenvalue weighted by Gasteiger charge is -2.14. The topological polar surface area (TPSA) is 55.6 Å². The molecule has 0 bridgehead atoms. The third kappa shape index (κ3) is 2.92. The number of nitrogens with zero attached hydrogens (tertiary/aromatic N) is 4. The number of nitrogens with one attached hydrogen (secondary N) is 1. The maximum Gasteiger partial charge on any atom is 0.115 e. The molecule has 0 radical (unpaired) electrons. The predicted octanol–water partition coefficient (Wildman–Crippen LogP) is 1.76. The summed E-state index contributed by atoms with van der Waals surface area (Å²) >= 11 is 0. The van der Waals surface area contributed by atoms with Gasteiger partial charge in [0.25, 0.3) is 0 Å². The van der Waals surface area contributed by atoms with E-state index in [9.17, 15) is 0 Å². The molecule has 0 saturated carbocycles. The van der Waals surface area contributed by atoms with Gasteiger partial charge in [0, 0.05) is 42.7 Å². The van der Waals surface area contributed by atoms with E-state index in [-0.39, 0.29) is 6.04 Å². The van der Waals surface area contributed by atoms with Crippen molar-refractivity contribution in [2.75, 3.05) is 7.05 Å². The smallest absolute Gasteiger partial charge is 0.115 e. The lowest BCUT2D eigenvalue weighted by molar-refractivity contribution is 0.514. The van der Waals surface area contributed by atoms with Gasteiger partial charge in [-0.2, -0.15) is 5.10 Å². The lowest BCUT2D eigenvalue weighted by atomic mass is 10.1. The summed E-state index contributed by atoms with van der Waals surface area (Å²) in [4.78, 5) is 8.10. The van der Waals surface area contributed by atoms with Gasteiger partial charge in [0.15, 0.2) is 0 Å². The van der Waals surface area contributed by atoms with Gasteiger partial charge in [0.05, 0.1) is 5.69 Å². The fraction of sp³-hybridized carbons (Fsp3) is 0.462.